The van der Waals surface area contributed by atoms with Crippen molar-refractivity contribution in [2.45, 2.75) is 19.4 Å². The molecule has 112 valence electrons. The summed E-state index contributed by atoms with van der Waals surface area (Å²) in [5.74, 6) is 0.733. The second-order valence-electron chi connectivity index (χ2n) is 5.00. The number of carbonyl (C=O) groups excluding carboxylic acids is 1. The number of nitrogens with two attached hydrogens (primary N) is 1. The van der Waals surface area contributed by atoms with Gasteiger partial charge in [-0.1, -0.05) is 11.6 Å². The molecule has 0 spiro atoms. The molecule has 0 saturated heterocycles. The maximum Gasteiger partial charge on any atom is 0.229 e. The van der Waals surface area contributed by atoms with E-state index in [-0.39, 0.29) is 30.3 Å². The van der Waals surface area contributed by atoms with Crippen LogP contribution in [0.15, 0.2) is 18.2 Å². The van der Waals surface area contributed by atoms with E-state index in [4.69, 9.17) is 22.1 Å². The van der Waals surface area contributed by atoms with Crippen LogP contribution < -0.4 is 10.5 Å². The van der Waals surface area contributed by atoms with E-state index < -0.39 is 0 Å². The minimum atomic E-state index is -0.162. The van der Waals surface area contributed by atoms with E-state index in [0.717, 1.165) is 11.3 Å². The van der Waals surface area contributed by atoms with Crippen LogP contribution in [0.5, 0.6) is 5.75 Å². The summed E-state index contributed by atoms with van der Waals surface area (Å²) in [5.41, 5.74) is 6.59. The van der Waals surface area contributed by atoms with Crippen molar-refractivity contribution < 1.29 is 9.53 Å². The predicted octanol–water partition coefficient (Wildman–Crippen LogP) is 2.12. The number of amides is 1. The molecule has 1 amide bonds. The third kappa shape index (κ3) is 3.57. The summed E-state index contributed by atoms with van der Waals surface area (Å²) in [6.45, 7) is 2.81. The molecule has 6 heteroatoms. The van der Waals surface area contributed by atoms with Gasteiger partial charge in [-0.05, 0) is 37.1 Å². The van der Waals surface area contributed by atoms with Crippen LogP contribution in [0.3, 0.4) is 0 Å². The summed E-state index contributed by atoms with van der Waals surface area (Å²) in [4.78, 5) is 14.0. The predicted molar refractivity (Wildman–Crippen MR) is 82.7 cm³/mol. The maximum absolute atomic E-state index is 12.4. The average molecular weight is 319 g/mol. The number of rotatable bonds is 3. The van der Waals surface area contributed by atoms with Gasteiger partial charge in [-0.25, -0.2) is 0 Å². The number of nitrogens with zero attached hydrogens (tertiary/aromatic N) is 1. The number of fused-ring (bicyclic) bond motifs is 1. The van der Waals surface area contributed by atoms with Gasteiger partial charge in [0.25, 0.3) is 0 Å². The van der Waals surface area contributed by atoms with Crippen LogP contribution in [0.25, 0.3) is 0 Å². The zero-order chi connectivity index (χ0) is 14.0. The molecule has 0 saturated carbocycles. The Morgan fingerprint density at radius 3 is 2.95 bits per heavy atom. The van der Waals surface area contributed by atoms with E-state index in [2.05, 4.69) is 0 Å². The molecule has 0 bridgehead atoms. The molecule has 1 aromatic rings. The van der Waals surface area contributed by atoms with Crippen molar-refractivity contribution in [1.82, 2.24) is 4.90 Å². The monoisotopic (exact) mass is 318 g/mol. The van der Waals surface area contributed by atoms with Gasteiger partial charge in [-0.2, -0.15) is 0 Å². The van der Waals surface area contributed by atoms with E-state index in [1.165, 1.54) is 0 Å². The van der Waals surface area contributed by atoms with E-state index in [1.807, 2.05) is 19.1 Å². The van der Waals surface area contributed by atoms with Crippen molar-refractivity contribution in [2.24, 2.45) is 11.7 Å². The van der Waals surface area contributed by atoms with Crippen molar-refractivity contribution >= 4 is 29.9 Å². The Labute approximate surface area is 130 Å². The van der Waals surface area contributed by atoms with Gasteiger partial charge < -0.3 is 15.4 Å². The first-order chi connectivity index (χ1) is 9.02. The highest BCUT2D eigenvalue weighted by atomic mass is 35.5. The number of hydrogen-bond donors (Lipinski definition) is 1. The number of hydrogen-bond acceptors (Lipinski definition) is 3. The lowest BCUT2D eigenvalue weighted by molar-refractivity contribution is -0.137. The van der Waals surface area contributed by atoms with Crippen molar-refractivity contribution in [2.75, 3.05) is 20.2 Å². The molecule has 2 rings (SSSR count). The standard InChI is InChI=1S/C14H19ClN2O2.ClH/c1-9(7-16)17(2)14(18)11-5-10-6-12(15)3-4-13(10)19-8-11;/h3-4,6,9,11H,5,7-8,16H2,1-2H3;1H. The number of likely N-dealkylation sites (N-methyl/N-ethyl adjacent to an activating group) is 1. The second kappa shape index (κ2) is 7.16. The molecule has 1 aromatic carbocycles. The van der Waals surface area contributed by atoms with Crippen LogP contribution in [-0.4, -0.2) is 37.0 Å². The summed E-state index contributed by atoms with van der Waals surface area (Å²) in [6.07, 6.45) is 0.663. The third-order valence-electron chi connectivity index (χ3n) is 3.63. The Morgan fingerprint density at radius 1 is 1.60 bits per heavy atom. The van der Waals surface area contributed by atoms with Crippen LogP contribution in [0.2, 0.25) is 5.02 Å². The third-order valence-corrected chi connectivity index (χ3v) is 3.86. The topological polar surface area (TPSA) is 55.6 Å². The van der Waals surface area contributed by atoms with E-state index in [0.29, 0.717) is 24.6 Å². The first kappa shape index (κ1) is 17.1. The Morgan fingerprint density at radius 2 is 2.30 bits per heavy atom. The van der Waals surface area contributed by atoms with Gasteiger partial charge in [-0.3, -0.25) is 4.79 Å². The molecule has 1 aliphatic rings. The van der Waals surface area contributed by atoms with Crippen molar-refractivity contribution in [3.63, 3.8) is 0 Å². The van der Waals surface area contributed by atoms with Crippen LogP contribution >= 0.6 is 24.0 Å². The summed E-state index contributed by atoms with van der Waals surface area (Å²) in [5, 5.41) is 0.666. The largest absolute Gasteiger partial charge is 0.492 e. The smallest absolute Gasteiger partial charge is 0.229 e. The molecule has 0 fully saturated rings. The molecule has 0 aromatic heterocycles. The number of ether oxygens (including phenoxy) is 1. The highest BCUT2D eigenvalue weighted by Gasteiger charge is 2.29. The highest BCUT2D eigenvalue weighted by molar-refractivity contribution is 6.30. The van der Waals surface area contributed by atoms with E-state index in [1.54, 1.807) is 18.0 Å². The SMILES string of the molecule is CC(CN)N(C)C(=O)C1COc2ccc(Cl)cc2C1.Cl. The lowest BCUT2D eigenvalue weighted by Gasteiger charge is -2.31. The van der Waals surface area contributed by atoms with Crippen molar-refractivity contribution in [3.05, 3.63) is 28.8 Å². The van der Waals surface area contributed by atoms with Gasteiger partial charge in [0.15, 0.2) is 0 Å². The molecule has 0 radical (unpaired) electrons. The van der Waals surface area contributed by atoms with Crippen LogP contribution in [0.1, 0.15) is 12.5 Å². The summed E-state index contributed by atoms with van der Waals surface area (Å²) in [6, 6.07) is 5.55. The lowest BCUT2D eigenvalue weighted by atomic mass is 9.95. The Hall–Kier alpha value is -0.970. The van der Waals surface area contributed by atoms with Gasteiger partial charge in [0.05, 0.1) is 5.92 Å². The van der Waals surface area contributed by atoms with Crippen LogP contribution in [0, 0.1) is 5.92 Å². The van der Waals surface area contributed by atoms with E-state index >= 15 is 0 Å². The highest BCUT2D eigenvalue weighted by Crippen LogP contribution is 2.30. The molecule has 0 aliphatic carbocycles. The summed E-state index contributed by atoms with van der Waals surface area (Å²) in [7, 11) is 1.79. The number of carbonyl (C=O) groups is 1. The minimum Gasteiger partial charge on any atom is -0.492 e. The van der Waals surface area contributed by atoms with Crippen molar-refractivity contribution in [3.8, 4) is 5.75 Å². The molecule has 1 aliphatic heterocycles. The molecule has 20 heavy (non-hydrogen) atoms. The maximum atomic E-state index is 12.4. The fourth-order valence-electron chi connectivity index (χ4n) is 2.19. The quantitative estimate of drug-likeness (QED) is 0.928. The minimum absolute atomic E-state index is 0. The molecule has 1 heterocycles. The van der Waals surface area contributed by atoms with Crippen LogP contribution in [-0.2, 0) is 11.2 Å². The molecular formula is C14H20Cl2N2O2. The van der Waals surface area contributed by atoms with Gasteiger partial charge in [-0.15, -0.1) is 12.4 Å². The fourth-order valence-corrected chi connectivity index (χ4v) is 2.38. The van der Waals surface area contributed by atoms with E-state index in [9.17, 15) is 4.79 Å². The van der Waals surface area contributed by atoms with Gasteiger partial charge >= 0.3 is 0 Å². The summed E-state index contributed by atoms with van der Waals surface area (Å²) < 4.78 is 5.64. The van der Waals surface area contributed by atoms with Gasteiger partial charge in [0, 0.05) is 24.7 Å². The van der Waals surface area contributed by atoms with Crippen molar-refractivity contribution in [1.29, 1.82) is 0 Å². The molecule has 2 N–H and O–H groups in total. The van der Waals surface area contributed by atoms with Gasteiger partial charge in [0.1, 0.15) is 12.4 Å². The second-order valence-corrected chi connectivity index (χ2v) is 5.43. The molecule has 4 nitrogen and oxygen atoms in total. The average Bonchev–Trinajstić information content (AvgIpc) is 2.43. The number of benzene rings is 1. The molecule has 2 atom stereocenters. The first-order valence-electron chi connectivity index (χ1n) is 6.41. The number of halogens is 2. The normalized spacial score (nSPS) is 18.3. The van der Waals surface area contributed by atoms with Crippen LogP contribution in [0.4, 0.5) is 0 Å². The Bertz CT molecular complexity index is 482. The zero-order valence-electron chi connectivity index (χ0n) is 11.6. The zero-order valence-corrected chi connectivity index (χ0v) is 13.2. The fraction of sp³-hybridized carbons (Fsp3) is 0.500. The van der Waals surface area contributed by atoms with Gasteiger partial charge in [0.2, 0.25) is 5.91 Å². The molecular weight excluding hydrogens is 299 g/mol. The first-order valence-corrected chi connectivity index (χ1v) is 6.78. The Balaban J connectivity index is 0.00000200. The Kier molecular flexibility index (Phi) is 6.11. The lowest BCUT2D eigenvalue weighted by Crippen LogP contribution is -2.45. The summed E-state index contributed by atoms with van der Waals surface area (Å²) >= 11 is 5.97. The molecule has 2 unspecified atom stereocenters.